The van der Waals surface area contributed by atoms with Crippen LogP contribution in [0.25, 0.3) is 0 Å². The molecule has 1 aromatic carbocycles. The van der Waals surface area contributed by atoms with E-state index in [1.54, 1.807) is 0 Å². The minimum Gasteiger partial charge on any atom is -0.493 e. The predicted octanol–water partition coefficient (Wildman–Crippen LogP) is 4.00. The zero-order valence-corrected chi connectivity index (χ0v) is 12.4. The Kier molecular flexibility index (Phi) is 4.76. The zero-order valence-electron chi connectivity index (χ0n) is 11.7. The first-order valence-electron chi connectivity index (χ1n) is 6.78. The van der Waals surface area contributed by atoms with E-state index >= 15 is 0 Å². The van der Waals surface area contributed by atoms with Gasteiger partial charge in [-0.15, -0.1) is 0 Å². The molecule has 110 valence electrons. The highest BCUT2D eigenvalue weighted by molar-refractivity contribution is 6.32. The fraction of sp³-hybridized carbons (Fsp3) is 0.533. The predicted molar refractivity (Wildman–Crippen MR) is 77.0 cm³/mol. The largest absolute Gasteiger partial charge is 0.493 e. The van der Waals surface area contributed by atoms with E-state index in [9.17, 15) is 4.79 Å². The molecule has 0 aliphatic heterocycles. The van der Waals surface area contributed by atoms with Gasteiger partial charge in [0.2, 0.25) is 0 Å². The van der Waals surface area contributed by atoms with Crippen LogP contribution in [0.15, 0.2) is 12.1 Å². The van der Waals surface area contributed by atoms with Crippen LogP contribution in [0.4, 0.5) is 0 Å². The maximum Gasteiger partial charge on any atom is 0.335 e. The SMILES string of the molecule is COc1cc(C(=O)O)cc(Cl)c1OC1CCCC(C)C1. The highest BCUT2D eigenvalue weighted by Gasteiger charge is 2.23. The molecule has 2 rings (SSSR count). The van der Waals surface area contributed by atoms with E-state index in [4.69, 9.17) is 26.2 Å². The van der Waals surface area contributed by atoms with Crippen molar-refractivity contribution in [1.29, 1.82) is 0 Å². The topological polar surface area (TPSA) is 55.8 Å². The maximum absolute atomic E-state index is 11.0. The molecule has 0 amide bonds. The van der Waals surface area contributed by atoms with Gasteiger partial charge in [0.1, 0.15) is 0 Å². The number of benzene rings is 1. The van der Waals surface area contributed by atoms with E-state index in [-0.39, 0.29) is 16.7 Å². The molecule has 1 aliphatic rings. The van der Waals surface area contributed by atoms with Crippen molar-refractivity contribution in [2.75, 3.05) is 7.11 Å². The Morgan fingerprint density at radius 2 is 2.15 bits per heavy atom. The second-order valence-electron chi connectivity index (χ2n) is 5.31. The van der Waals surface area contributed by atoms with Crippen molar-refractivity contribution in [3.63, 3.8) is 0 Å². The van der Waals surface area contributed by atoms with Crippen LogP contribution in [0, 0.1) is 5.92 Å². The fourth-order valence-electron chi connectivity index (χ4n) is 2.61. The van der Waals surface area contributed by atoms with Gasteiger partial charge in [0, 0.05) is 0 Å². The lowest BCUT2D eigenvalue weighted by molar-refractivity contribution is 0.0696. The van der Waals surface area contributed by atoms with E-state index in [2.05, 4.69) is 6.92 Å². The molecule has 0 heterocycles. The van der Waals surface area contributed by atoms with E-state index in [0.29, 0.717) is 17.4 Å². The summed E-state index contributed by atoms with van der Waals surface area (Å²) in [6.45, 7) is 2.21. The Morgan fingerprint density at radius 3 is 2.75 bits per heavy atom. The number of hydrogen-bond acceptors (Lipinski definition) is 3. The summed E-state index contributed by atoms with van der Waals surface area (Å²) in [5.41, 5.74) is 0.0937. The Bertz CT molecular complexity index is 501. The van der Waals surface area contributed by atoms with Gasteiger partial charge in [-0.25, -0.2) is 4.79 Å². The van der Waals surface area contributed by atoms with Gasteiger partial charge in [-0.1, -0.05) is 24.9 Å². The number of carboxylic acid groups (broad SMARTS) is 1. The van der Waals surface area contributed by atoms with Crippen LogP contribution in [0.5, 0.6) is 11.5 Å². The molecular formula is C15H19ClO4. The first-order valence-corrected chi connectivity index (χ1v) is 7.16. The lowest BCUT2D eigenvalue weighted by Gasteiger charge is -2.28. The van der Waals surface area contributed by atoms with Crippen molar-refractivity contribution < 1.29 is 19.4 Å². The van der Waals surface area contributed by atoms with Crippen molar-refractivity contribution >= 4 is 17.6 Å². The third-order valence-electron chi connectivity index (χ3n) is 3.65. The quantitative estimate of drug-likeness (QED) is 0.912. The van der Waals surface area contributed by atoms with Crippen LogP contribution < -0.4 is 9.47 Å². The highest BCUT2D eigenvalue weighted by atomic mass is 35.5. The van der Waals surface area contributed by atoms with Gasteiger partial charge in [-0.3, -0.25) is 0 Å². The van der Waals surface area contributed by atoms with Crippen LogP contribution in [0.3, 0.4) is 0 Å². The third kappa shape index (κ3) is 3.37. The number of rotatable bonds is 4. The molecule has 0 spiro atoms. The monoisotopic (exact) mass is 298 g/mol. The molecule has 2 unspecified atom stereocenters. The number of carboxylic acids is 1. The number of carbonyl (C=O) groups is 1. The molecule has 1 aromatic rings. The normalized spacial score (nSPS) is 22.4. The molecule has 5 heteroatoms. The standard InChI is InChI=1S/C15H19ClO4/c1-9-4-3-5-11(6-9)20-14-12(16)7-10(15(17)18)8-13(14)19-2/h7-9,11H,3-6H2,1-2H3,(H,17,18). The summed E-state index contributed by atoms with van der Waals surface area (Å²) in [7, 11) is 1.48. The second-order valence-corrected chi connectivity index (χ2v) is 5.71. The van der Waals surface area contributed by atoms with Gasteiger partial charge in [0.15, 0.2) is 11.5 Å². The first kappa shape index (κ1) is 15.0. The van der Waals surface area contributed by atoms with Crippen molar-refractivity contribution in [2.45, 2.75) is 38.7 Å². The average Bonchev–Trinajstić information content (AvgIpc) is 2.40. The number of ether oxygens (including phenoxy) is 2. The van der Waals surface area contributed by atoms with Crippen LogP contribution >= 0.6 is 11.6 Å². The lowest BCUT2D eigenvalue weighted by atomic mass is 9.89. The van der Waals surface area contributed by atoms with E-state index in [0.717, 1.165) is 19.3 Å². The summed E-state index contributed by atoms with van der Waals surface area (Å²) >= 11 is 6.14. The Hall–Kier alpha value is -1.42. The molecule has 1 saturated carbocycles. The van der Waals surface area contributed by atoms with Gasteiger partial charge in [-0.05, 0) is 37.3 Å². The Morgan fingerprint density at radius 1 is 1.40 bits per heavy atom. The van der Waals surface area contributed by atoms with Gasteiger partial charge >= 0.3 is 5.97 Å². The van der Waals surface area contributed by atoms with Gasteiger partial charge in [-0.2, -0.15) is 0 Å². The molecular weight excluding hydrogens is 280 g/mol. The molecule has 20 heavy (non-hydrogen) atoms. The van der Waals surface area contributed by atoms with Gasteiger partial charge < -0.3 is 14.6 Å². The molecule has 0 radical (unpaired) electrons. The summed E-state index contributed by atoms with van der Waals surface area (Å²) in [5.74, 6) is 0.409. The second kappa shape index (κ2) is 6.35. The number of hydrogen-bond donors (Lipinski definition) is 1. The molecule has 2 atom stereocenters. The fourth-order valence-corrected chi connectivity index (χ4v) is 2.87. The van der Waals surface area contributed by atoms with E-state index in [1.807, 2.05) is 0 Å². The molecule has 4 nitrogen and oxygen atoms in total. The Labute approximate surface area is 123 Å². The lowest BCUT2D eigenvalue weighted by Crippen LogP contribution is -2.24. The van der Waals surface area contributed by atoms with E-state index < -0.39 is 5.97 Å². The van der Waals surface area contributed by atoms with Crippen molar-refractivity contribution in [2.24, 2.45) is 5.92 Å². The van der Waals surface area contributed by atoms with E-state index in [1.165, 1.54) is 25.7 Å². The molecule has 0 aromatic heterocycles. The minimum absolute atomic E-state index is 0.0937. The van der Waals surface area contributed by atoms with Crippen LogP contribution in [0.1, 0.15) is 43.0 Å². The molecule has 1 fully saturated rings. The highest BCUT2D eigenvalue weighted by Crippen LogP contribution is 2.39. The summed E-state index contributed by atoms with van der Waals surface area (Å²) in [4.78, 5) is 11.0. The molecule has 1 N–H and O–H groups in total. The van der Waals surface area contributed by atoms with Crippen molar-refractivity contribution in [1.82, 2.24) is 0 Å². The summed E-state index contributed by atoms with van der Waals surface area (Å²) in [5, 5.41) is 9.30. The smallest absolute Gasteiger partial charge is 0.335 e. The van der Waals surface area contributed by atoms with Crippen molar-refractivity contribution in [3.05, 3.63) is 22.7 Å². The van der Waals surface area contributed by atoms with Crippen LogP contribution in [-0.2, 0) is 0 Å². The van der Waals surface area contributed by atoms with Crippen molar-refractivity contribution in [3.8, 4) is 11.5 Å². The minimum atomic E-state index is -1.04. The van der Waals surface area contributed by atoms with Gasteiger partial charge in [0.25, 0.3) is 0 Å². The molecule has 0 bridgehead atoms. The average molecular weight is 299 g/mol. The number of halogens is 1. The van der Waals surface area contributed by atoms with Gasteiger partial charge in [0.05, 0.1) is 23.8 Å². The Balaban J connectivity index is 2.24. The zero-order chi connectivity index (χ0) is 14.7. The molecule has 0 saturated heterocycles. The van der Waals surface area contributed by atoms with Crippen LogP contribution in [-0.4, -0.2) is 24.3 Å². The molecule has 1 aliphatic carbocycles. The summed E-state index contributed by atoms with van der Waals surface area (Å²) in [6.07, 6.45) is 4.45. The number of aromatic carboxylic acids is 1. The third-order valence-corrected chi connectivity index (χ3v) is 3.93. The maximum atomic E-state index is 11.0. The van der Waals surface area contributed by atoms with Crippen LogP contribution in [0.2, 0.25) is 5.02 Å². The number of methoxy groups -OCH3 is 1. The summed E-state index contributed by atoms with van der Waals surface area (Å²) < 4.78 is 11.2. The summed E-state index contributed by atoms with van der Waals surface area (Å²) in [6, 6.07) is 2.84. The first-order chi connectivity index (χ1) is 9.51.